The van der Waals surface area contributed by atoms with Crippen molar-refractivity contribution in [2.24, 2.45) is 5.92 Å². The summed E-state index contributed by atoms with van der Waals surface area (Å²) in [7, 11) is 0. The number of nitrogens with one attached hydrogen (secondary N) is 1. The van der Waals surface area contributed by atoms with E-state index in [1.165, 1.54) is 18.4 Å². The van der Waals surface area contributed by atoms with Crippen molar-refractivity contribution >= 4 is 24.0 Å². The predicted molar refractivity (Wildman–Crippen MR) is 178 cm³/mol. The summed E-state index contributed by atoms with van der Waals surface area (Å²) in [5, 5.41) is 3.41. The number of anilines is 2. The Hall–Kier alpha value is -3.44. The molecule has 2 unspecified atom stereocenters. The average molecular weight is 637 g/mol. The predicted octanol–water partition coefficient (Wildman–Crippen LogP) is 6.57. The van der Waals surface area contributed by atoms with Gasteiger partial charge in [-0.1, -0.05) is 37.1 Å². The van der Waals surface area contributed by atoms with E-state index in [1.54, 1.807) is 17.2 Å². The summed E-state index contributed by atoms with van der Waals surface area (Å²) < 4.78 is 17.1. The summed E-state index contributed by atoms with van der Waals surface area (Å²) >= 11 is 0. The number of ether oxygens (including phenoxy) is 3. The molecule has 1 aromatic heterocycles. The van der Waals surface area contributed by atoms with Crippen LogP contribution < -0.4 is 10.2 Å². The van der Waals surface area contributed by atoms with Crippen molar-refractivity contribution < 1.29 is 23.8 Å². The number of nitrogens with zero attached hydrogens (tertiary/aromatic N) is 5. The molecule has 1 N–H and O–H groups in total. The molecule has 2 saturated heterocycles. The van der Waals surface area contributed by atoms with Crippen molar-refractivity contribution in [3.63, 3.8) is 0 Å². The van der Waals surface area contributed by atoms with Gasteiger partial charge in [0.05, 0.1) is 17.7 Å². The Balaban J connectivity index is 1.23. The number of rotatable bonds is 10. The Morgan fingerprint density at radius 1 is 0.978 bits per heavy atom. The lowest BCUT2D eigenvalue weighted by Crippen LogP contribution is -2.50. The molecule has 2 aromatic rings. The SMILES string of the molecule is CC(OC(C)(C)C)[C@H]1COC(=O)N1c1ccnc(N[C@@H](C)c2ccc(C(CC3CC3)N3CCN(C(=O)OC(C)(C)C)CC3)cc2)n1. The molecular formula is C35H52N6O5. The number of carbonyl (C=O) groups is 2. The van der Waals surface area contributed by atoms with Crippen molar-refractivity contribution in [2.45, 2.75) is 110 Å². The van der Waals surface area contributed by atoms with E-state index in [9.17, 15) is 9.59 Å². The first kappa shape index (κ1) is 33.9. The highest BCUT2D eigenvalue weighted by atomic mass is 16.6. The third-order valence-electron chi connectivity index (χ3n) is 8.70. The van der Waals surface area contributed by atoms with Crippen LogP contribution in [0.4, 0.5) is 21.4 Å². The first-order valence-corrected chi connectivity index (χ1v) is 16.7. The molecule has 0 bridgehead atoms. The van der Waals surface area contributed by atoms with Crippen LogP contribution in [0, 0.1) is 5.92 Å². The van der Waals surface area contributed by atoms with Crippen molar-refractivity contribution in [2.75, 3.05) is 43.0 Å². The number of cyclic esters (lactones) is 1. The number of hydrogen-bond donors (Lipinski definition) is 1. The van der Waals surface area contributed by atoms with Gasteiger partial charge in [-0.15, -0.1) is 0 Å². The Labute approximate surface area is 274 Å². The molecule has 1 aliphatic carbocycles. The number of carbonyl (C=O) groups excluding carboxylic acids is 2. The standard InChI is InChI=1S/C35H52N6O5/c1-23(37-31-36-16-15-30(38-31)41-29(22-44-33(41)43)24(2)45-34(3,4)5)26-11-13-27(14-12-26)28(21-25-9-10-25)39-17-19-40(20-18-39)32(42)46-35(6,7)8/h11-16,23-25,28-29H,9-10,17-22H2,1-8H3,(H,36,37,38)/t23-,24?,28?,29+/m0/s1. The highest BCUT2D eigenvalue weighted by Crippen LogP contribution is 2.40. The van der Waals surface area contributed by atoms with Crippen LogP contribution in [0.2, 0.25) is 0 Å². The van der Waals surface area contributed by atoms with Gasteiger partial charge in [-0.25, -0.2) is 14.6 Å². The maximum Gasteiger partial charge on any atom is 0.416 e. The molecule has 3 aliphatic rings. The van der Waals surface area contributed by atoms with Crippen LogP contribution in [-0.2, 0) is 14.2 Å². The topological polar surface area (TPSA) is 109 Å². The zero-order valence-corrected chi connectivity index (χ0v) is 28.8. The molecule has 2 aliphatic heterocycles. The number of aromatic nitrogens is 2. The molecule has 2 amide bonds. The smallest absolute Gasteiger partial charge is 0.416 e. The van der Waals surface area contributed by atoms with Gasteiger partial charge in [-0.3, -0.25) is 9.80 Å². The molecule has 4 atom stereocenters. The molecule has 0 spiro atoms. The van der Waals surface area contributed by atoms with Gasteiger partial charge >= 0.3 is 12.2 Å². The van der Waals surface area contributed by atoms with Gasteiger partial charge in [0.1, 0.15) is 24.1 Å². The van der Waals surface area contributed by atoms with Gasteiger partial charge in [0.2, 0.25) is 5.95 Å². The molecular weight excluding hydrogens is 584 g/mol. The molecule has 11 heteroatoms. The first-order chi connectivity index (χ1) is 21.7. The van der Waals surface area contributed by atoms with E-state index in [0.29, 0.717) is 30.9 Å². The summed E-state index contributed by atoms with van der Waals surface area (Å²) in [5.41, 5.74) is 1.57. The Bertz CT molecular complexity index is 1340. The third kappa shape index (κ3) is 8.88. The van der Waals surface area contributed by atoms with Crippen molar-refractivity contribution in [1.82, 2.24) is 19.8 Å². The minimum Gasteiger partial charge on any atom is -0.447 e. The molecule has 3 heterocycles. The zero-order valence-electron chi connectivity index (χ0n) is 28.8. The highest BCUT2D eigenvalue weighted by Gasteiger charge is 2.40. The Morgan fingerprint density at radius 2 is 1.63 bits per heavy atom. The number of amides is 2. The molecule has 252 valence electrons. The molecule has 1 aromatic carbocycles. The van der Waals surface area contributed by atoms with Gasteiger partial charge in [0.15, 0.2) is 0 Å². The third-order valence-corrected chi connectivity index (χ3v) is 8.70. The van der Waals surface area contributed by atoms with E-state index in [-0.39, 0.29) is 36.5 Å². The van der Waals surface area contributed by atoms with E-state index in [1.807, 2.05) is 53.4 Å². The van der Waals surface area contributed by atoms with Gasteiger partial charge in [-0.05, 0) is 84.9 Å². The molecule has 1 saturated carbocycles. The quantitative estimate of drug-likeness (QED) is 0.310. The molecule has 5 rings (SSSR count). The summed E-state index contributed by atoms with van der Waals surface area (Å²) in [6, 6.07) is 10.5. The van der Waals surface area contributed by atoms with Crippen LogP contribution in [0.5, 0.6) is 0 Å². The van der Waals surface area contributed by atoms with Crippen LogP contribution in [0.3, 0.4) is 0 Å². The minimum absolute atomic E-state index is 0.0620. The fourth-order valence-electron chi connectivity index (χ4n) is 6.23. The fraction of sp³-hybridized carbons (Fsp3) is 0.657. The second-order valence-corrected chi connectivity index (χ2v) is 14.9. The lowest BCUT2D eigenvalue weighted by Gasteiger charge is -2.40. The number of benzene rings is 1. The zero-order chi connectivity index (χ0) is 33.2. The second-order valence-electron chi connectivity index (χ2n) is 14.9. The molecule has 46 heavy (non-hydrogen) atoms. The monoisotopic (exact) mass is 636 g/mol. The molecule has 11 nitrogen and oxygen atoms in total. The largest absolute Gasteiger partial charge is 0.447 e. The van der Waals surface area contributed by atoms with E-state index in [0.717, 1.165) is 31.0 Å². The van der Waals surface area contributed by atoms with Crippen LogP contribution in [0.25, 0.3) is 0 Å². The van der Waals surface area contributed by atoms with E-state index < -0.39 is 11.7 Å². The van der Waals surface area contributed by atoms with Crippen molar-refractivity contribution in [1.29, 1.82) is 0 Å². The van der Waals surface area contributed by atoms with E-state index in [2.05, 4.69) is 51.4 Å². The van der Waals surface area contributed by atoms with Crippen molar-refractivity contribution in [3.05, 3.63) is 47.7 Å². The fourth-order valence-corrected chi connectivity index (χ4v) is 6.23. The first-order valence-electron chi connectivity index (χ1n) is 16.7. The maximum absolute atomic E-state index is 12.7. The van der Waals surface area contributed by atoms with Gasteiger partial charge < -0.3 is 24.4 Å². The molecule has 3 fully saturated rings. The number of piperazine rings is 1. The van der Waals surface area contributed by atoms with Crippen LogP contribution in [0.1, 0.15) is 97.9 Å². The maximum atomic E-state index is 12.7. The van der Waals surface area contributed by atoms with E-state index in [4.69, 9.17) is 14.2 Å². The summed E-state index contributed by atoms with van der Waals surface area (Å²) in [6.45, 7) is 19.0. The van der Waals surface area contributed by atoms with E-state index >= 15 is 0 Å². The summed E-state index contributed by atoms with van der Waals surface area (Å²) in [4.78, 5) is 40.4. The van der Waals surface area contributed by atoms with Gasteiger partial charge in [-0.2, -0.15) is 4.98 Å². The Kier molecular flexibility index (Phi) is 10.1. The van der Waals surface area contributed by atoms with Gasteiger partial charge in [0, 0.05) is 38.4 Å². The highest BCUT2D eigenvalue weighted by molar-refractivity contribution is 5.89. The van der Waals surface area contributed by atoms with Crippen LogP contribution >= 0.6 is 0 Å². The molecule has 0 radical (unpaired) electrons. The number of hydrogen-bond acceptors (Lipinski definition) is 9. The second kappa shape index (κ2) is 13.7. The summed E-state index contributed by atoms with van der Waals surface area (Å²) in [6.07, 6.45) is 4.48. The average Bonchev–Trinajstić information content (AvgIpc) is 3.72. The van der Waals surface area contributed by atoms with Crippen LogP contribution in [-0.4, -0.2) is 88.1 Å². The normalized spacial score (nSPS) is 21.5. The van der Waals surface area contributed by atoms with Crippen molar-refractivity contribution in [3.8, 4) is 0 Å². The van der Waals surface area contributed by atoms with Gasteiger partial charge in [0.25, 0.3) is 0 Å². The minimum atomic E-state index is -0.490. The Morgan fingerprint density at radius 3 is 2.24 bits per heavy atom. The lowest BCUT2D eigenvalue weighted by molar-refractivity contribution is -0.0618. The lowest BCUT2D eigenvalue weighted by atomic mass is 9.96. The summed E-state index contributed by atoms with van der Waals surface area (Å²) in [5.74, 6) is 1.69. The van der Waals surface area contributed by atoms with Crippen LogP contribution in [0.15, 0.2) is 36.5 Å².